The summed E-state index contributed by atoms with van der Waals surface area (Å²) < 4.78 is 7.33. The largest absolute Gasteiger partial charge is 0.457 e. The number of aromatic nitrogens is 2. The Hall–Kier alpha value is -3.93. The van der Waals surface area contributed by atoms with Crippen LogP contribution in [0, 0.1) is 0 Å². The maximum atomic E-state index is 13.4. The number of nitrogens with zero attached hydrogens (tertiary/aromatic N) is 2. The fraction of sp³-hybridized carbons (Fsp3) is 0.125. The third-order valence-corrected chi connectivity index (χ3v) is 5.34. The molecule has 2 heterocycles. The number of benzene rings is 3. The van der Waals surface area contributed by atoms with E-state index in [0.29, 0.717) is 28.8 Å². The molecule has 148 valence electrons. The highest BCUT2D eigenvalue weighted by atomic mass is 16.5. The number of carbonyl (C=O) groups excluding carboxylic acids is 1. The van der Waals surface area contributed by atoms with Crippen molar-refractivity contribution in [1.82, 2.24) is 15.1 Å². The summed E-state index contributed by atoms with van der Waals surface area (Å²) in [4.78, 5) is 26.0. The number of ether oxygens (including phenoxy) is 1. The van der Waals surface area contributed by atoms with Gasteiger partial charge in [0, 0.05) is 23.1 Å². The van der Waals surface area contributed by atoms with Gasteiger partial charge in [-0.1, -0.05) is 54.6 Å². The van der Waals surface area contributed by atoms with E-state index in [9.17, 15) is 9.59 Å². The van der Waals surface area contributed by atoms with E-state index in [1.807, 2.05) is 55.5 Å². The Morgan fingerprint density at radius 1 is 0.933 bits per heavy atom. The predicted molar refractivity (Wildman–Crippen MR) is 114 cm³/mol. The quantitative estimate of drug-likeness (QED) is 0.566. The SMILES string of the molecule is CCn1nc(C(=O)NC2c3ccccc3Oc3ccccc32)c2ccccc2c1=O. The molecule has 0 aliphatic carbocycles. The molecule has 0 saturated heterocycles. The fourth-order valence-corrected chi connectivity index (χ4v) is 3.88. The van der Waals surface area contributed by atoms with Gasteiger partial charge in [-0.05, 0) is 25.1 Å². The van der Waals surface area contributed by atoms with Crippen molar-refractivity contribution < 1.29 is 9.53 Å². The van der Waals surface area contributed by atoms with Crippen molar-refractivity contribution in [3.63, 3.8) is 0 Å². The second-order valence-electron chi connectivity index (χ2n) is 7.10. The first-order valence-electron chi connectivity index (χ1n) is 9.84. The van der Waals surface area contributed by atoms with Gasteiger partial charge in [0.25, 0.3) is 11.5 Å². The van der Waals surface area contributed by atoms with Crippen LogP contribution in [0.15, 0.2) is 77.6 Å². The number of aryl methyl sites for hydroxylation is 1. The van der Waals surface area contributed by atoms with Crippen molar-refractivity contribution in [2.45, 2.75) is 19.5 Å². The fourth-order valence-electron chi connectivity index (χ4n) is 3.88. The van der Waals surface area contributed by atoms with Gasteiger partial charge in [0.15, 0.2) is 5.69 Å². The van der Waals surface area contributed by atoms with E-state index in [-0.39, 0.29) is 23.2 Å². The highest BCUT2D eigenvalue weighted by Gasteiger charge is 2.29. The minimum atomic E-state index is -0.388. The maximum absolute atomic E-state index is 13.4. The molecule has 0 saturated carbocycles. The molecule has 0 unspecified atom stereocenters. The van der Waals surface area contributed by atoms with Crippen LogP contribution in [0.25, 0.3) is 10.8 Å². The second kappa shape index (κ2) is 7.15. The van der Waals surface area contributed by atoms with Crippen molar-refractivity contribution in [3.8, 4) is 11.5 Å². The van der Waals surface area contributed by atoms with Gasteiger partial charge in [-0.25, -0.2) is 4.68 Å². The topological polar surface area (TPSA) is 73.2 Å². The van der Waals surface area contributed by atoms with Crippen LogP contribution in [0.1, 0.15) is 34.6 Å². The lowest BCUT2D eigenvalue weighted by atomic mass is 9.94. The molecule has 0 radical (unpaired) electrons. The smallest absolute Gasteiger partial charge is 0.274 e. The first kappa shape index (κ1) is 18.1. The Kier molecular flexibility index (Phi) is 4.32. The van der Waals surface area contributed by atoms with Crippen molar-refractivity contribution in [1.29, 1.82) is 0 Å². The summed E-state index contributed by atoms with van der Waals surface area (Å²) in [7, 11) is 0. The first-order chi connectivity index (χ1) is 14.7. The van der Waals surface area contributed by atoms with E-state index < -0.39 is 0 Å². The van der Waals surface area contributed by atoms with Crippen LogP contribution in [0.5, 0.6) is 11.5 Å². The normalized spacial score (nSPS) is 12.7. The molecule has 1 aliphatic rings. The van der Waals surface area contributed by atoms with E-state index in [2.05, 4.69) is 10.4 Å². The Morgan fingerprint density at radius 2 is 1.50 bits per heavy atom. The third kappa shape index (κ3) is 2.85. The highest BCUT2D eigenvalue weighted by Crippen LogP contribution is 2.42. The molecule has 5 rings (SSSR count). The van der Waals surface area contributed by atoms with Gasteiger partial charge >= 0.3 is 0 Å². The van der Waals surface area contributed by atoms with Gasteiger partial charge in [-0.2, -0.15) is 5.10 Å². The predicted octanol–water partition coefficient (Wildman–Crippen LogP) is 4.04. The Morgan fingerprint density at radius 3 is 2.13 bits per heavy atom. The number of amides is 1. The van der Waals surface area contributed by atoms with Crippen LogP contribution in [0.4, 0.5) is 0 Å². The third-order valence-electron chi connectivity index (χ3n) is 5.34. The number of rotatable bonds is 3. The minimum absolute atomic E-state index is 0.202. The summed E-state index contributed by atoms with van der Waals surface area (Å²) in [6, 6.07) is 22.0. The van der Waals surface area contributed by atoms with Crippen LogP contribution in [0.3, 0.4) is 0 Å². The number of hydrogen-bond donors (Lipinski definition) is 1. The monoisotopic (exact) mass is 397 g/mol. The van der Waals surface area contributed by atoms with Crippen LogP contribution in [0.2, 0.25) is 0 Å². The highest BCUT2D eigenvalue weighted by molar-refractivity contribution is 6.05. The first-order valence-corrected chi connectivity index (χ1v) is 9.84. The molecule has 1 N–H and O–H groups in total. The van der Waals surface area contributed by atoms with E-state index in [1.165, 1.54) is 4.68 Å². The van der Waals surface area contributed by atoms with Gasteiger partial charge in [-0.15, -0.1) is 0 Å². The average Bonchev–Trinajstić information content (AvgIpc) is 2.79. The zero-order valence-corrected chi connectivity index (χ0v) is 16.3. The number of carbonyl (C=O) groups is 1. The Labute approximate surface area is 172 Å². The minimum Gasteiger partial charge on any atom is -0.457 e. The van der Waals surface area contributed by atoms with E-state index in [4.69, 9.17) is 4.74 Å². The molecule has 4 aromatic rings. The maximum Gasteiger partial charge on any atom is 0.274 e. The van der Waals surface area contributed by atoms with Crippen LogP contribution < -0.4 is 15.6 Å². The molecule has 1 amide bonds. The molecule has 0 spiro atoms. The van der Waals surface area contributed by atoms with Gasteiger partial charge in [-0.3, -0.25) is 9.59 Å². The average molecular weight is 397 g/mol. The second-order valence-corrected chi connectivity index (χ2v) is 7.10. The molecular weight excluding hydrogens is 378 g/mol. The van der Waals surface area contributed by atoms with Crippen molar-refractivity contribution in [2.75, 3.05) is 0 Å². The standard InChI is InChI=1S/C24H19N3O3/c1-2-27-24(29)16-10-4-3-9-15(16)22(26-27)23(28)25-21-17-11-5-7-13-19(17)30-20-14-8-6-12-18(20)21/h3-14,21H,2H2,1H3,(H,25,28). The van der Waals surface area contributed by atoms with Crippen molar-refractivity contribution in [2.24, 2.45) is 0 Å². The molecule has 6 heteroatoms. The van der Waals surface area contributed by atoms with Crippen LogP contribution in [-0.2, 0) is 6.54 Å². The molecular formula is C24H19N3O3. The van der Waals surface area contributed by atoms with E-state index >= 15 is 0 Å². The van der Waals surface area contributed by atoms with Gasteiger partial charge in [0.2, 0.25) is 0 Å². The lowest BCUT2D eigenvalue weighted by Crippen LogP contribution is -2.34. The zero-order valence-electron chi connectivity index (χ0n) is 16.3. The lowest BCUT2D eigenvalue weighted by molar-refractivity contribution is 0.0936. The zero-order chi connectivity index (χ0) is 20.7. The lowest BCUT2D eigenvalue weighted by Gasteiger charge is -2.28. The van der Waals surface area contributed by atoms with Gasteiger partial charge < -0.3 is 10.1 Å². The van der Waals surface area contributed by atoms with Crippen molar-refractivity contribution >= 4 is 16.7 Å². The molecule has 30 heavy (non-hydrogen) atoms. The van der Waals surface area contributed by atoms with E-state index in [0.717, 1.165) is 11.1 Å². The summed E-state index contributed by atoms with van der Waals surface area (Å²) in [6.07, 6.45) is 0. The van der Waals surface area contributed by atoms with E-state index in [1.54, 1.807) is 24.3 Å². The van der Waals surface area contributed by atoms with Gasteiger partial charge in [0.05, 0.1) is 11.4 Å². The summed E-state index contributed by atoms with van der Waals surface area (Å²) in [5.41, 5.74) is 1.77. The number of para-hydroxylation sites is 2. The van der Waals surface area contributed by atoms with Gasteiger partial charge in [0.1, 0.15) is 11.5 Å². The summed E-state index contributed by atoms with van der Waals surface area (Å²) in [5, 5.41) is 8.49. The number of nitrogens with one attached hydrogen (secondary N) is 1. The molecule has 6 nitrogen and oxygen atoms in total. The summed E-state index contributed by atoms with van der Waals surface area (Å²) >= 11 is 0. The number of hydrogen-bond acceptors (Lipinski definition) is 4. The molecule has 0 atom stereocenters. The van der Waals surface area contributed by atoms with Crippen LogP contribution >= 0.6 is 0 Å². The summed E-state index contributed by atoms with van der Waals surface area (Å²) in [5.74, 6) is 1.07. The molecule has 0 fully saturated rings. The molecule has 1 aliphatic heterocycles. The number of fused-ring (bicyclic) bond motifs is 3. The molecule has 1 aromatic heterocycles. The molecule has 3 aromatic carbocycles. The van der Waals surface area contributed by atoms with Crippen LogP contribution in [-0.4, -0.2) is 15.7 Å². The molecule has 0 bridgehead atoms. The Balaban J connectivity index is 1.62. The Bertz CT molecular complexity index is 1300. The van der Waals surface area contributed by atoms with Crippen molar-refractivity contribution in [3.05, 3.63) is 100.0 Å². The summed E-state index contributed by atoms with van der Waals surface area (Å²) in [6.45, 7) is 2.21.